The Morgan fingerprint density at radius 3 is 2.33 bits per heavy atom. The first-order valence-electron chi connectivity index (χ1n) is 5.87. The van der Waals surface area contributed by atoms with Gasteiger partial charge >= 0.3 is 6.18 Å². The molecule has 0 aliphatic rings. The monoisotopic (exact) mass is 323 g/mol. The topological polar surface area (TPSA) is 12.0 Å². The lowest BCUT2D eigenvalue weighted by Crippen LogP contribution is -2.25. The molecular weight excluding hydrogens is 307 g/mol. The molecule has 1 atom stereocenters. The molecule has 1 N–H and O–H groups in total. The van der Waals surface area contributed by atoms with E-state index < -0.39 is 11.7 Å². The third-order valence-corrected chi connectivity index (χ3v) is 3.44. The molecule has 0 aromatic heterocycles. The van der Waals surface area contributed by atoms with E-state index in [4.69, 9.17) is 0 Å². The minimum absolute atomic E-state index is 0.0656. The summed E-state index contributed by atoms with van der Waals surface area (Å²) in [5, 5.41) is 3.21. The maximum atomic E-state index is 12.8. The Kier molecular flexibility index (Phi) is 5.22. The fourth-order valence-corrected chi connectivity index (χ4v) is 2.38. The van der Waals surface area contributed by atoms with Gasteiger partial charge in [0.25, 0.3) is 0 Å². The summed E-state index contributed by atoms with van der Waals surface area (Å²) in [5.41, 5.74) is 0.0472. The van der Waals surface area contributed by atoms with Crippen molar-refractivity contribution in [2.75, 3.05) is 6.54 Å². The van der Waals surface area contributed by atoms with Crippen LogP contribution in [0.2, 0.25) is 0 Å². The van der Waals surface area contributed by atoms with Gasteiger partial charge < -0.3 is 5.32 Å². The molecule has 0 aliphatic carbocycles. The Labute approximate surface area is 114 Å². The van der Waals surface area contributed by atoms with Crippen LogP contribution in [-0.4, -0.2) is 6.54 Å². The van der Waals surface area contributed by atoms with Gasteiger partial charge in [-0.15, -0.1) is 0 Å². The van der Waals surface area contributed by atoms with E-state index >= 15 is 0 Å². The minimum atomic E-state index is -4.33. The fourth-order valence-electron chi connectivity index (χ4n) is 1.91. The first kappa shape index (κ1) is 15.5. The van der Waals surface area contributed by atoms with Gasteiger partial charge in [0, 0.05) is 10.5 Å². The second-order valence-corrected chi connectivity index (χ2v) is 5.37. The molecule has 102 valence electrons. The predicted octanol–water partition coefficient (Wildman–Crippen LogP) is 4.77. The molecule has 0 bridgehead atoms. The molecule has 1 aromatic rings. The summed E-state index contributed by atoms with van der Waals surface area (Å²) in [4.78, 5) is 0. The summed E-state index contributed by atoms with van der Waals surface area (Å²) < 4.78 is 38.6. The lowest BCUT2D eigenvalue weighted by atomic mass is 9.94. The second-order valence-electron chi connectivity index (χ2n) is 4.52. The molecule has 5 heteroatoms. The van der Waals surface area contributed by atoms with E-state index in [0.29, 0.717) is 5.56 Å². The van der Waals surface area contributed by atoms with Crippen LogP contribution >= 0.6 is 15.9 Å². The molecule has 0 amide bonds. The molecule has 1 nitrogen and oxygen atoms in total. The fraction of sp³-hybridized carbons (Fsp3) is 0.538. The van der Waals surface area contributed by atoms with Gasteiger partial charge in [0.2, 0.25) is 0 Å². The number of hydrogen-bond donors (Lipinski definition) is 1. The smallest absolute Gasteiger partial charge is 0.310 e. The normalized spacial score (nSPS) is 14.0. The Hall–Kier alpha value is -0.550. The summed E-state index contributed by atoms with van der Waals surface area (Å²) in [6.07, 6.45) is -4.33. The number of alkyl halides is 3. The molecule has 0 spiro atoms. The molecule has 1 unspecified atom stereocenters. The average Bonchev–Trinajstić information content (AvgIpc) is 2.25. The summed E-state index contributed by atoms with van der Waals surface area (Å²) >= 11 is 2.95. The van der Waals surface area contributed by atoms with Gasteiger partial charge in [-0.05, 0) is 30.2 Å². The molecular formula is C13H17BrF3N. The number of halogens is 4. The van der Waals surface area contributed by atoms with Crippen molar-refractivity contribution in [2.45, 2.75) is 33.0 Å². The van der Waals surface area contributed by atoms with Gasteiger partial charge in [0.05, 0.1) is 5.56 Å². The summed E-state index contributed by atoms with van der Waals surface area (Å²) in [5.74, 6) is 0.229. The van der Waals surface area contributed by atoms with Crippen molar-refractivity contribution in [1.82, 2.24) is 5.32 Å². The zero-order valence-electron chi connectivity index (χ0n) is 10.6. The summed E-state index contributed by atoms with van der Waals surface area (Å²) in [7, 11) is 0. The van der Waals surface area contributed by atoms with Crippen LogP contribution in [-0.2, 0) is 6.18 Å². The van der Waals surface area contributed by atoms with Gasteiger partial charge in [-0.3, -0.25) is 0 Å². The maximum absolute atomic E-state index is 12.8. The second kappa shape index (κ2) is 6.06. The molecule has 0 fully saturated rings. The maximum Gasteiger partial charge on any atom is 0.417 e. The Balaban J connectivity index is 3.18. The standard InChI is InChI=1S/C13H17BrF3N/c1-4-18-12(8(2)3)9-5-6-11(14)10(7-9)13(15,16)17/h5-8,12,18H,4H2,1-3H3. The highest BCUT2D eigenvalue weighted by Crippen LogP contribution is 2.37. The summed E-state index contributed by atoms with van der Waals surface area (Å²) in [6, 6.07) is 4.35. The Morgan fingerprint density at radius 2 is 1.89 bits per heavy atom. The van der Waals surface area contributed by atoms with Crippen LogP contribution < -0.4 is 5.32 Å². The number of nitrogens with one attached hydrogen (secondary N) is 1. The SMILES string of the molecule is CCNC(c1ccc(Br)c(C(F)(F)F)c1)C(C)C. The van der Waals surface area contributed by atoms with Crippen molar-refractivity contribution in [3.8, 4) is 0 Å². The van der Waals surface area contributed by atoms with Gasteiger partial charge in [0.15, 0.2) is 0 Å². The van der Waals surface area contributed by atoms with Crippen molar-refractivity contribution in [3.05, 3.63) is 33.8 Å². The van der Waals surface area contributed by atoms with Crippen LogP contribution in [0.4, 0.5) is 13.2 Å². The van der Waals surface area contributed by atoms with Gasteiger partial charge in [0.1, 0.15) is 0 Å². The number of benzene rings is 1. The van der Waals surface area contributed by atoms with E-state index in [1.54, 1.807) is 6.07 Å². The highest BCUT2D eigenvalue weighted by Gasteiger charge is 2.33. The molecule has 0 radical (unpaired) electrons. The number of rotatable bonds is 4. The van der Waals surface area contributed by atoms with Crippen molar-refractivity contribution < 1.29 is 13.2 Å². The van der Waals surface area contributed by atoms with Crippen LogP contribution in [0, 0.1) is 5.92 Å². The van der Waals surface area contributed by atoms with Gasteiger partial charge in [-0.2, -0.15) is 13.2 Å². The van der Waals surface area contributed by atoms with E-state index in [0.717, 1.165) is 6.54 Å². The van der Waals surface area contributed by atoms with Crippen molar-refractivity contribution >= 4 is 15.9 Å². The van der Waals surface area contributed by atoms with Crippen LogP contribution in [0.25, 0.3) is 0 Å². The third-order valence-electron chi connectivity index (χ3n) is 2.75. The van der Waals surface area contributed by atoms with Crippen molar-refractivity contribution in [2.24, 2.45) is 5.92 Å². The zero-order valence-corrected chi connectivity index (χ0v) is 12.2. The highest BCUT2D eigenvalue weighted by molar-refractivity contribution is 9.10. The van der Waals surface area contributed by atoms with E-state index in [1.165, 1.54) is 12.1 Å². The highest BCUT2D eigenvalue weighted by atomic mass is 79.9. The van der Waals surface area contributed by atoms with E-state index in [-0.39, 0.29) is 16.4 Å². The Bertz CT molecular complexity index is 402. The molecule has 0 saturated heterocycles. The van der Waals surface area contributed by atoms with E-state index in [2.05, 4.69) is 21.2 Å². The molecule has 0 saturated carbocycles. The van der Waals surface area contributed by atoms with Crippen molar-refractivity contribution in [1.29, 1.82) is 0 Å². The molecule has 0 aliphatic heterocycles. The van der Waals surface area contributed by atoms with Gasteiger partial charge in [-0.25, -0.2) is 0 Å². The predicted molar refractivity (Wildman–Crippen MR) is 70.4 cm³/mol. The van der Waals surface area contributed by atoms with Crippen molar-refractivity contribution in [3.63, 3.8) is 0 Å². The molecule has 0 heterocycles. The van der Waals surface area contributed by atoms with Crippen LogP contribution in [0.3, 0.4) is 0 Å². The van der Waals surface area contributed by atoms with E-state index in [1.807, 2.05) is 20.8 Å². The zero-order chi connectivity index (χ0) is 13.9. The van der Waals surface area contributed by atoms with E-state index in [9.17, 15) is 13.2 Å². The first-order chi connectivity index (χ1) is 8.27. The number of hydrogen-bond acceptors (Lipinski definition) is 1. The summed E-state index contributed by atoms with van der Waals surface area (Å²) in [6.45, 7) is 6.64. The lowest BCUT2D eigenvalue weighted by Gasteiger charge is -2.23. The average molecular weight is 324 g/mol. The molecule has 1 rings (SSSR count). The molecule has 18 heavy (non-hydrogen) atoms. The quantitative estimate of drug-likeness (QED) is 0.841. The van der Waals surface area contributed by atoms with Crippen LogP contribution in [0.1, 0.15) is 37.9 Å². The first-order valence-corrected chi connectivity index (χ1v) is 6.66. The lowest BCUT2D eigenvalue weighted by molar-refractivity contribution is -0.138. The largest absolute Gasteiger partial charge is 0.417 e. The van der Waals surface area contributed by atoms with Crippen LogP contribution in [0.5, 0.6) is 0 Å². The molecule has 1 aromatic carbocycles. The van der Waals surface area contributed by atoms with Gasteiger partial charge in [-0.1, -0.05) is 42.8 Å². The third kappa shape index (κ3) is 3.72. The van der Waals surface area contributed by atoms with Crippen LogP contribution in [0.15, 0.2) is 22.7 Å². The Morgan fingerprint density at radius 1 is 1.28 bits per heavy atom. The minimum Gasteiger partial charge on any atom is -0.310 e.